The lowest BCUT2D eigenvalue weighted by Crippen LogP contribution is -2.41. The highest BCUT2D eigenvalue weighted by Crippen LogP contribution is 2.37. The molecule has 0 radical (unpaired) electrons. The van der Waals surface area contributed by atoms with Crippen LogP contribution in [0.1, 0.15) is 34.1 Å². The standard InChI is InChI=1S/C16H23BF2O5S/c1-15(2)16(3,4)24-17(23-15)11-9-13(19)14(10-12(11)18)22-7-6-8-25(5,20)21/h9-10H,6-8H2,1-5H3. The van der Waals surface area contributed by atoms with Crippen molar-refractivity contribution in [3.05, 3.63) is 23.8 Å². The first-order valence-electron chi connectivity index (χ1n) is 7.97. The zero-order valence-electron chi connectivity index (χ0n) is 15.1. The van der Waals surface area contributed by atoms with Crippen molar-refractivity contribution in [3.8, 4) is 5.75 Å². The lowest BCUT2D eigenvalue weighted by molar-refractivity contribution is 0.00578. The quantitative estimate of drug-likeness (QED) is 0.562. The van der Waals surface area contributed by atoms with Gasteiger partial charge in [-0.15, -0.1) is 0 Å². The number of halogens is 2. The van der Waals surface area contributed by atoms with Crippen molar-refractivity contribution in [2.45, 2.75) is 45.3 Å². The van der Waals surface area contributed by atoms with Crippen molar-refractivity contribution in [3.63, 3.8) is 0 Å². The van der Waals surface area contributed by atoms with Crippen molar-refractivity contribution in [1.82, 2.24) is 0 Å². The van der Waals surface area contributed by atoms with Gasteiger partial charge in [0.1, 0.15) is 15.7 Å². The molecular formula is C16H23BF2O5S. The van der Waals surface area contributed by atoms with Gasteiger partial charge >= 0.3 is 7.12 Å². The number of hydrogen-bond acceptors (Lipinski definition) is 5. The van der Waals surface area contributed by atoms with Crippen molar-refractivity contribution in [2.75, 3.05) is 18.6 Å². The molecule has 0 N–H and O–H groups in total. The molecule has 0 atom stereocenters. The average Bonchev–Trinajstić information content (AvgIpc) is 2.65. The lowest BCUT2D eigenvalue weighted by Gasteiger charge is -2.32. The Morgan fingerprint density at radius 3 is 2.16 bits per heavy atom. The molecule has 140 valence electrons. The largest absolute Gasteiger partial charge is 0.497 e. The normalized spacial score (nSPS) is 19.2. The SMILES string of the molecule is CC1(C)OB(c2cc(F)c(OCCCS(C)(=O)=O)cc2F)OC1(C)C. The minimum absolute atomic E-state index is 0.0285. The molecule has 1 heterocycles. The summed E-state index contributed by atoms with van der Waals surface area (Å²) in [5.41, 5.74) is -1.37. The molecule has 1 aliphatic heterocycles. The van der Waals surface area contributed by atoms with Crippen LogP contribution >= 0.6 is 0 Å². The second-order valence-electron chi connectivity index (χ2n) is 7.22. The molecule has 0 saturated carbocycles. The van der Waals surface area contributed by atoms with E-state index in [0.717, 1.165) is 18.4 Å². The topological polar surface area (TPSA) is 61.8 Å². The Kier molecular flexibility index (Phi) is 5.52. The molecule has 2 rings (SSSR count). The summed E-state index contributed by atoms with van der Waals surface area (Å²) in [6, 6.07) is 1.92. The number of ether oxygens (including phenoxy) is 1. The molecule has 0 amide bonds. The van der Waals surface area contributed by atoms with E-state index in [1.807, 2.05) is 27.7 Å². The second kappa shape index (κ2) is 6.85. The molecule has 0 bridgehead atoms. The highest BCUT2D eigenvalue weighted by Gasteiger charge is 2.52. The maximum absolute atomic E-state index is 14.4. The predicted molar refractivity (Wildman–Crippen MR) is 91.9 cm³/mol. The molecule has 0 aromatic heterocycles. The van der Waals surface area contributed by atoms with E-state index in [1.54, 1.807) is 0 Å². The van der Waals surface area contributed by atoms with E-state index in [9.17, 15) is 17.2 Å². The minimum atomic E-state index is -3.12. The van der Waals surface area contributed by atoms with Gasteiger partial charge in [0.15, 0.2) is 11.6 Å². The molecule has 1 fully saturated rings. The van der Waals surface area contributed by atoms with Crippen molar-refractivity contribution in [1.29, 1.82) is 0 Å². The second-order valence-corrected chi connectivity index (χ2v) is 9.48. The van der Waals surface area contributed by atoms with Gasteiger partial charge in [0, 0.05) is 17.8 Å². The third kappa shape index (κ3) is 4.71. The summed E-state index contributed by atoms with van der Waals surface area (Å²) in [6.07, 6.45) is 1.30. The number of benzene rings is 1. The molecule has 0 spiro atoms. The first-order valence-corrected chi connectivity index (χ1v) is 10.0. The molecule has 1 aromatic rings. The third-order valence-corrected chi connectivity index (χ3v) is 5.51. The van der Waals surface area contributed by atoms with Crippen LogP contribution in [0.4, 0.5) is 8.78 Å². The summed E-state index contributed by atoms with van der Waals surface area (Å²) < 4.78 is 67.3. The Labute approximate surface area is 147 Å². The van der Waals surface area contributed by atoms with E-state index in [-0.39, 0.29) is 30.0 Å². The van der Waals surface area contributed by atoms with Crippen LogP contribution in [0.2, 0.25) is 0 Å². The monoisotopic (exact) mass is 376 g/mol. The molecule has 1 aliphatic rings. The van der Waals surface area contributed by atoms with Crippen LogP contribution in [0.5, 0.6) is 5.75 Å². The smallest absolute Gasteiger partial charge is 0.490 e. The van der Waals surface area contributed by atoms with Gasteiger partial charge in [0.05, 0.1) is 23.6 Å². The van der Waals surface area contributed by atoms with Crippen LogP contribution in [-0.2, 0) is 19.1 Å². The van der Waals surface area contributed by atoms with Gasteiger partial charge < -0.3 is 14.0 Å². The maximum Gasteiger partial charge on any atom is 0.497 e. The number of sulfone groups is 1. The number of hydrogen-bond donors (Lipinski definition) is 0. The fourth-order valence-corrected chi connectivity index (χ4v) is 2.95. The molecule has 0 aliphatic carbocycles. The third-order valence-electron chi connectivity index (χ3n) is 4.48. The van der Waals surface area contributed by atoms with Gasteiger partial charge in [-0.25, -0.2) is 17.2 Å². The zero-order chi connectivity index (χ0) is 19.0. The molecule has 25 heavy (non-hydrogen) atoms. The van der Waals surface area contributed by atoms with Crippen LogP contribution < -0.4 is 10.2 Å². The molecule has 5 nitrogen and oxygen atoms in total. The van der Waals surface area contributed by atoms with Gasteiger partial charge in [0.25, 0.3) is 0 Å². The Morgan fingerprint density at radius 2 is 1.64 bits per heavy atom. The Hall–Kier alpha value is -1.19. The summed E-state index contributed by atoms with van der Waals surface area (Å²) in [6.45, 7) is 7.25. The zero-order valence-corrected chi connectivity index (χ0v) is 15.9. The fraction of sp³-hybridized carbons (Fsp3) is 0.625. The van der Waals surface area contributed by atoms with Gasteiger partial charge in [-0.2, -0.15) is 0 Å². The summed E-state index contributed by atoms with van der Waals surface area (Å²) in [5, 5.41) is 0. The van der Waals surface area contributed by atoms with E-state index in [1.165, 1.54) is 0 Å². The summed E-state index contributed by atoms with van der Waals surface area (Å²) in [7, 11) is -4.13. The minimum Gasteiger partial charge on any atom is -0.490 e. The van der Waals surface area contributed by atoms with Crippen molar-refractivity contribution in [2.24, 2.45) is 0 Å². The molecular weight excluding hydrogens is 353 g/mol. The Bertz CT molecular complexity index is 733. The highest BCUT2D eigenvalue weighted by molar-refractivity contribution is 7.90. The molecule has 0 unspecified atom stereocenters. The van der Waals surface area contributed by atoms with Crippen LogP contribution in [0, 0.1) is 11.6 Å². The fourth-order valence-electron chi connectivity index (χ4n) is 2.31. The van der Waals surface area contributed by atoms with E-state index in [0.29, 0.717) is 0 Å². The molecule has 1 saturated heterocycles. The van der Waals surface area contributed by atoms with Gasteiger partial charge in [-0.3, -0.25) is 0 Å². The first-order chi connectivity index (χ1) is 11.3. The number of rotatable bonds is 6. The van der Waals surface area contributed by atoms with Gasteiger partial charge in [-0.1, -0.05) is 0 Å². The highest BCUT2D eigenvalue weighted by atomic mass is 32.2. The Balaban J connectivity index is 2.10. The summed E-state index contributed by atoms with van der Waals surface area (Å²) >= 11 is 0. The van der Waals surface area contributed by atoms with Crippen molar-refractivity contribution >= 4 is 22.4 Å². The van der Waals surface area contributed by atoms with E-state index in [4.69, 9.17) is 14.0 Å². The molecule has 1 aromatic carbocycles. The van der Waals surface area contributed by atoms with Crippen LogP contribution in [0.25, 0.3) is 0 Å². The molecule has 9 heteroatoms. The van der Waals surface area contributed by atoms with Crippen LogP contribution in [0.3, 0.4) is 0 Å². The average molecular weight is 376 g/mol. The summed E-state index contributed by atoms with van der Waals surface area (Å²) in [4.78, 5) is 0. The summed E-state index contributed by atoms with van der Waals surface area (Å²) in [5.74, 6) is -1.82. The first kappa shape index (κ1) is 20.1. The van der Waals surface area contributed by atoms with Crippen LogP contribution in [0.15, 0.2) is 12.1 Å². The maximum atomic E-state index is 14.4. The predicted octanol–water partition coefficient (Wildman–Crippen LogP) is 2.08. The van der Waals surface area contributed by atoms with E-state index in [2.05, 4.69) is 0 Å². The lowest BCUT2D eigenvalue weighted by atomic mass is 9.78. The van der Waals surface area contributed by atoms with Crippen LogP contribution in [-0.4, -0.2) is 45.4 Å². The van der Waals surface area contributed by atoms with Crippen molar-refractivity contribution < 1.29 is 31.2 Å². The Morgan fingerprint density at radius 1 is 1.08 bits per heavy atom. The van der Waals surface area contributed by atoms with E-state index < -0.39 is 39.8 Å². The van der Waals surface area contributed by atoms with Gasteiger partial charge in [-0.05, 0) is 40.2 Å². The van der Waals surface area contributed by atoms with Gasteiger partial charge in [0.2, 0.25) is 0 Å². The van der Waals surface area contributed by atoms with E-state index >= 15 is 0 Å².